The van der Waals surface area contributed by atoms with Gasteiger partial charge in [0.2, 0.25) is 16.9 Å². The molecule has 2 aromatic rings. The Morgan fingerprint density at radius 3 is 2.55 bits per heavy atom. The highest BCUT2D eigenvalue weighted by Crippen LogP contribution is 2.26. The highest BCUT2D eigenvalue weighted by atomic mass is 32.1. The average molecular weight is 318 g/mol. The van der Waals surface area contributed by atoms with Gasteiger partial charge < -0.3 is 5.32 Å². The molecule has 1 aromatic heterocycles. The van der Waals surface area contributed by atoms with E-state index in [2.05, 4.69) is 20.8 Å². The molecule has 116 valence electrons. The SMILES string of the molecule is CCC(=O)NC(C)C(=O)Nc1nnc(-c2ccc(C)cc2)s1. The van der Waals surface area contributed by atoms with Crippen LogP contribution < -0.4 is 10.6 Å². The lowest BCUT2D eigenvalue weighted by atomic mass is 10.2. The van der Waals surface area contributed by atoms with Gasteiger partial charge in [-0.3, -0.25) is 14.9 Å². The molecule has 0 fully saturated rings. The summed E-state index contributed by atoms with van der Waals surface area (Å²) in [5, 5.41) is 14.4. The van der Waals surface area contributed by atoms with Crippen molar-refractivity contribution in [3.8, 4) is 10.6 Å². The van der Waals surface area contributed by atoms with Gasteiger partial charge in [-0.2, -0.15) is 0 Å². The number of rotatable bonds is 5. The molecule has 2 amide bonds. The lowest BCUT2D eigenvalue weighted by Gasteiger charge is -2.11. The maximum atomic E-state index is 12.0. The van der Waals surface area contributed by atoms with E-state index in [1.807, 2.05) is 31.2 Å². The van der Waals surface area contributed by atoms with E-state index in [0.29, 0.717) is 11.6 Å². The van der Waals surface area contributed by atoms with Crippen molar-refractivity contribution in [2.24, 2.45) is 0 Å². The molecule has 0 radical (unpaired) electrons. The van der Waals surface area contributed by atoms with Gasteiger partial charge in [0.15, 0.2) is 0 Å². The van der Waals surface area contributed by atoms with E-state index in [0.717, 1.165) is 10.6 Å². The lowest BCUT2D eigenvalue weighted by molar-refractivity contribution is -0.125. The second-order valence-corrected chi connectivity index (χ2v) is 5.89. The number of hydrogen-bond donors (Lipinski definition) is 2. The second-order valence-electron chi connectivity index (χ2n) is 4.91. The number of carbonyl (C=O) groups is 2. The highest BCUT2D eigenvalue weighted by Gasteiger charge is 2.17. The van der Waals surface area contributed by atoms with Gasteiger partial charge in [-0.25, -0.2) is 0 Å². The molecular weight excluding hydrogens is 300 g/mol. The Hall–Kier alpha value is -2.28. The van der Waals surface area contributed by atoms with Gasteiger partial charge in [-0.15, -0.1) is 10.2 Å². The topological polar surface area (TPSA) is 84.0 Å². The van der Waals surface area contributed by atoms with Gasteiger partial charge in [0, 0.05) is 12.0 Å². The summed E-state index contributed by atoms with van der Waals surface area (Å²) < 4.78 is 0. The Balaban J connectivity index is 2.01. The van der Waals surface area contributed by atoms with Crippen LogP contribution in [0.1, 0.15) is 25.8 Å². The first-order chi connectivity index (χ1) is 10.5. The smallest absolute Gasteiger partial charge is 0.248 e. The van der Waals surface area contributed by atoms with Crippen molar-refractivity contribution < 1.29 is 9.59 Å². The molecule has 0 bridgehead atoms. The van der Waals surface area contributed by atoms with Crippen LogP contribution in [0.4, 0.5) is 5.13 Å². The maximum Gasteiger partial charge on any atom is 0.248 e. The summed E-state index contributed by atoms with van der Waals surface area (Å²) in [4.78, 5) is 23.2. The first-order valence-electron chi connectivity index (χ1n) is 7.00. The van der Waals surface area contributed by atoms with Crippen LogP contribution in [0.15, 0.2) is 24.3 Å². The maximum absolute atomic E-state index is 12.0. The predicted octanol–water partition coefficient (Wildman–Crippen LogP) is 2.37. The number of carbonyl (C=O) groups excluding carboxylic acids is 2. The molecule has 0 aliphatic carbocycles. The van der Waals surface area contributed by atoms with Crippen molar-refractivity contribution in [1.82, 2.24) is 15.5 Å². The highest BCUT2D eigenvalue weighted by molar-refractivity contribution is 7.18. The minimum Gasteiger partial charge on any atom is -0.345 e. The molecule has 0 saturated carbocycles. The molecule has 1 unspecified atom stereocenters. The van der Waals surface area contributed by atoms with Crippen LogP contribution in [0, 0.1) is 6.92 Å². The molecule has 7 heteroatoms. The molecule has 0 saturated heterocycles. The van der Waals surface area contributed by atoms with Crippen molar-refractivity contribution in [3.63, 3.8) is 0 Å². The van der Waals surface area contributed by atoms with Gasteiger partial charge in [0.05, 0.1) is 0 Å². The van der Waals surface area contributed by atoms with E-state index in [4.69, 9.17) is 0 Å². The van der Waals surface area contributed by atoms with Crippen LogP contribution in [0.25, 0.3) is 10.6 Å². The summed E-state index contributed by atoms with van der Waals surface area (Å²) in [6, 6.07) is 7.31. The van der Waals surface area contributed by atoms with Crippen molar-refractivity contribution in [2.75, 3.05) is 5.32 Å². The Bertz CT molecular complexity index is 666. The van der Waals surface area contributed by atoms with E-state index in [-0.39, 0.29) is 11.8 Å². The third kappa shape index (κ3) is 4.11. The molecule has 6 nitrogen and oxygen atoms in total. The minimum absolute atomic E-state index is 0.166. The van der Waals surface area contributed by atoms with E-state index in [9.17, 15) is 9.59 Å². The number of amides is 2. The largest absolute Gasteiger partial charge is 0.345 e. The summed E-state index contributed by atoms with van der Waals surface area (Å²) in [6.45, 7) is 5.38. The first kappa shape index (κ1) is 16.1. The third-order valence-electron chi connectivity index (χ3n) is 3.05. The van der Waals surface area contributed by atoms with E-state index < -0.39 is 6.04 Å². The quantitative estimate of drug-likeness (QED) is 0.886. The Labute approximate surface area is 133 Å². The van der Waals surface area contributed by atoms with Crippen molar-refractivity contribution in [1.29, 1.82) is 0 Å². The molecule has 1 aromatic carbocycles. The van der Waals surface area contributed by atoms with Crippen LogP contribution in [-0.4, -0.2) is 28.1 Å². The molecule has 0 aliphatic heterocycles. The third-order valence-corrected chi connectivity index (χ3v) is 3.93. The van der Waals surface area contributed by atoms with Crippen molar-refractivity contribution in [3.05, 3.63) is 29.8 Å². The summed E-state index contributed by atoms with van der Waals surface area (Å²) in [6.07, 6.45) is 0.341. The van der Waals surface area contributed by atoms with E-state index in [1.165, 1.54) is 16.9 Å². The summed E-state index contributed by atoms with van der Waals surface area (Å²) in [5.41, 5.74) is 2.12. The average Bonchev–Trinajstić information content (AvgIpc) is 2.96. The molecule has 1 atom stereocenters. The fourth-order valence-corrected chi connectivity index (χ4v) is 2.46. The molecule has 2 rings (SSSR count). The zero-order chi connectivity index (χ0) is 16.1. The second kappa shape index (κ2) is 7.13. The molecular formula is C15H18N4O2S. The zero-order valence-electron chi connectivity index (χ0n) is 12.7. The van der Waals surface area contributed by atoms with Crippen molar-refractivity contribution in [2.45, 2.75) is 33.2 Å². The normalized spacial score (nSPS) is 11.8. The van der Waals surface area contributed by atoms with Crippen LogP contribution in [0.3, 0.4) is 0 Å². The number of aryl methyl sites for hydroxylation is 1. The monoisotopic (exact) mass is 318 g/mol. The molecule has 2 N–H and O–H groups in total. The van der Waals surface area contributed by atoms with Crippen LogP contribution in [0.5, 0.6) is 0 Å². The van der Waals surface area contributed by atoms with Crippen LogP contribution >= 0.6 is 11.3 Å². The minimum atomic E-state index is -0.612. The lowest BCUT2D eigenvalue weighted by Crippen LogP contribution is -2.41. The van der Waals surface area contributed by atoms with Crippen molar-refractivity contribution >= 4 is 28.3 Å². The number of hydrogen-bond acceptors (Lipinski definition) is 5. The summed E-state index contributed by atoms with van der Waals surface area (Å²) in [5.74, 6) is -0.478. The number of nitrogens with one attached hydrogen (secondary N) is 2. The molecule has 22 heavy (non-hydrogen) atoms. The number of nitrogens with zero attached hydrogens (tertiary/aromatic N) is 2. The first-order valence-corrected chi connectivity index (χ1v) is 7.82. The van der Waals surface area contributed by atoms with E-state index >= 15 is 0 Å². The predicted molar refractivity (Wildman–Crippen MR) is 86.6 cm³/mol. The number of anilines is 1. The van der Waals surface area contributed by atoms with E-state index in [1.54, 1.807) is 13.8 Å². The van der Waals surface area contributed by atoms with Gasteiger partial charge in [-0.1, -0.05) is 48.1 Å². The van der Waals surface area contributed by atoms with Gasteiger partial charge >= 0.3 is 0 Å². The zero-order valence-corrected chi connectivity index (χ0v) is 13.5. The van der Waals surface area contributed by atoms with Crippen LogP contribution in [-0.2, 0) is 9.59 Å². The van der Waals surface area contributed by atoms with Crippen LogP contribution in [0.2, 0.25) is 0 Å². The Morgan fingerprint density at radius 2 is 1.91 bits per heavy atom. The molecule has 0 spiro atoms. The fraction of sp³-hybridized carbons (Fsp3) is 0.333. The molecule has 0 aliphatic rings. The van der Waals surface area contributed by atoms with Gasteiger partial charge in [-0.05, 0) is 13.8 Å². The molecule has 1 heterocycles. The standard InChI is InChI=1S/C15H18N4O2S/c1-4-12(20)16-10(3)13(21)17-15-19-18-14(22-15)11-7-5-9(2)6-8-11/h5-8,10H,4H2,1-3H3,(H,16,20)(H,17,19,21). The Morgan fingerprint density at radius 1 is 1.23 bits per heavy atom. The number of benzene rings is 1. The number of aromatic nitrogens is 2. The Kier molecular flexibility index (Phi) is 5.21. The summed E-state index contributed by atoms with van der Waals surface area (Å²) >= 11 is 1.30. The summed E-state index contributed by atoms with van der Waals surface area (Å²) in [7, 11) is 0. The van der Waals surface area contributed by atoms with Gasteiger partial charge in [0.25, 0.3) is 0 Å². The fourth-order valence-electron chi connectivity index (χ4n) is 1.71. The van der Waals surface area contributed by atoms with Gasteiger partial charge in [0.1, 0.15) is 11.0 Å².